The van der Waals surface area contributed by atoms with Crippen LogP contribution in [0.1, 0.15) is 43.4 Å². The molecule has 2 rings (SSSR count). The molecular weight excluding hydrogens is 244 g/mol. The Hall–Kier alpha value is -1.67. The van der Waals surface area contributed by atoms with Gasteiger partial charge in [0, 0.05) is 24.9 Å². The summed E-state index contributed by atoms with van der Waals surface area (Å²) in [4.78, 5) is 4.24. The normalized spacial score (nSPS) is 13.2. The molecule has 0 aliphatic heterocycles. The van der Waals surface area contributed by atoms with E-state index in [4.69, 9.17) is 0 Å². The highest BCUT2D eigenvalue weighted by atomic mass is 14.8. The topological polar surface area (TPSA) is 24.9 Å². The quantitative estimate of drug-likeness (QED) is 0.914. The van der Waals surface area contributed by atoms with Gasteiger partial charge in [-0.15, -0.1) is 0 Å². The van der Waals surface area contributed by atoms with Crippen molar-refractivity contribution in [3.63, 3.8) is 0 Å². The smallest absolute Gasteiger partial charge is 0.0306 e. The van der Waals surface area contributed by atoms with E-state index in [0.29, 0.717) is 5.92 Å². The minimum absolute atomic E-state index is 0.200. The predicted molar refractivity (Wildman–Crippen MR) is 85.1 cm³/mol. The highest BCUT2D eigenvalue weighted by molar-refractivity contribution is 5.35. The average molecular weight is 268 g/mol. The molecule has 1 aromatic carbocycles. The van der Waals surface area contributed by atoms with Gasteiger partial charge in [-0.3, -0.25) is 4.98 Å². The van der Waals surface area contributed by atoms with Crippen LogP contribution in [0.25, 0.3) is 0 Å². The molecule has 106 valence electrons. The molecule has 0 fully saturated rings. The lowest BCUT2D eigenvalue weighted by molar-refractivity contribution is 0.589. The fourth-order valence-electron chi connectivity index (χ4n) is 2.43. The molecule has 1 atom stereocenters. The van der Waals surface area contributed by atoms with Crippen molar-refractivity contribution in [1.29, 1.82) is 0 Å². The largest absolute Gasteiger partial charge is 0.319 e. The van der Waals surface area contributed by atoms with Crippen LogP contribution in [0.3, 0.4) is 0 Å². The molecule has 1 aromatic heterocycles. The van der Waals surface area contributed by atoms with Crippen LogP contribution in [0.5, 0.6) is 0 Å². The van der Waals surface area contributed by atoms with Gasteiger partial charge in [0.2, 0.25) is 0 Å². The number of rotatable bonds is 4. The minimum Gasteiger partial charge on any atom is -0.319 e. The lowest BCUT2D eigenvalue weighted by Gasteiger charge is -2.22. The zero-order valence-corrected chi connectivity index (χ0v) is 12.9. The summed E-state index contributed by atoms with van der Waals surface area (Å²) in [7, 11) is 1.99. The lowest BCUT2D eigenvalue weighted by Crippen LogP contribution is -2.19. The third-order valence-electron chi connectivity index (χ3n) is 3.67. The maximum Gasteiger partial charge on any atom is 0.0306 e. The Morgan fingerprint density at radius 2 is 1.75 bits per heavy atom. The van der Waals surface area contributed by atoms with Gasteiger partial charge in [0.1, 0.15) is 0 Å². The number of nitrogens with zero attached hydrogens (tertiary/aromatic N) is 1. The summed E-state index contributed by atoms with van der Waals surface area (Å²) in [6.45, 7) is 7.65. The first-order valence-electron chi connectivity index (χ1n) is 7.17. The van der Waals surface area contributed by atoms with Crippen LogP contribution in [0.2, 0.25) is 0 Å². The molecule has 0 saturated heterocycles. The summed E-state index contributed by atoms with van der Waals surface area (Å²) < 4.78 is 0. The zero-order valence-electron chi connectivity index (χ0n) is 12.9. The van der Waals surface area contributed by atoms with E-state index in [-0.39, 0.29) is 5.41 Å². The number of aromatic nitrogens is 1. The second-order valence-corrected chi connectivity index (χ2v) is 6.27. The predicted octanol–water partition coefficient (Wildman–Crippen LogP) is 3.73. The summed E-state index contributed by atoms with van der Waals surface area (Å²) in [5.41, 5.74) is 4.16. The summed E-state index contributed by atoms with van der Waals surface area (Å²) in [5.74, 6) is 0.350. The Morgan fingerprint density at radius 1 is 1.05 bits per heavy atom. The van der Waals surface area contributed by atoms with Crippen LogP contribution in [0.4, 0.5) is 0 Å². The Labute approximate surface area is 122 Å². The standard InChI is InChI=1S/C18H24N2/c1-18(2,3)16-9-7-14(8-10-16)17(13-19-4)15-6-5-11-20-12-15/h5-12,17,19H,13H2,1-4H3. The van der Waals surface area contributed by atoms with E-state index in [2.05, 4.69) is 61.4 Å². The van der Waals surface area contributed by atoms with E-state index in [1.54, 1.807) is 0 Å². The molecule has 2 heteroatoms. The van der Waals surface area contributed by atoms with Crippen molar-refractivity contribution in [3.8, 4) is 0 Å². The maximum absolute atomic E-state index is 4.24. The maximum atomic E-state index is 4.24. The molecule has 0 aliphatic carbocycles. The number of nitrogens with one attached hydrogen (secondary N) is 1. The summed E-state index contributed by atoms with van der Waals surface area (Å²) >= 11 is 0. The van der Waals surface area contributed by atoms with Crippen molar-refractivity contribution < 1.29 is 0 Å². The van der Waals surface area contributed by atoms with Crippen molar-refractivity contribution in [2.45, 2.75) is 32.1 Å². The van der Waals surface area contributed by atoms with Crippen molar-refractivity contribution >= 4 is 0 Å². The van der Waals surface area contributed by atoms with Gasteiger partial charge in [0.15, 0.2) is 0 Å². The van der Waals surface area contributed by atoms with Gasteiger partial charge < -0.3 is 5.32 Å². The first kappa shape index (κ1) is 14.7. The van der Waals surface area contributed by atoms with E-state index < -0.39 is 0 Å². The molecule has 1 unspecified atom stereocenters. The van der Waals surface area contributed by atoms with Crippen molar-refractivity contribution in [1.82, 2.24) is 10.3 Å². The van der Waals surface area contributed by atoms with Gasteiger partial charge in [0.05, 0.1) is 0 Å². The summed E-state index contributed by atoms with van der Waals surface area (Å²) in [6.07, 6.45) is 3.78. The second kappa shape index (κ2) is 6.19. The molecule has 2 nitrogen and oxygen atoms in total. The third kappa shape index (κ3) is 3.45. The fraction of sp³-hybridized carbons (Fsp3) is 0.389. The van der Waals surface area contributed by atoms with E-state index in [1.807, 2.05) is 25.5 Å². The Bertz CT molecular complexity index is 524. The molecule has 0 spiro atoms. The molecule has 2 aromatic rings. The van der Waals surface area contributed by atoms with Gasteiger partial charge in [0.25, 0.3) is 0 Å². The van der Waals surface area contributed by atoms with Crippen molar-refractivity contribution in [3.05, 3.63) is 65.5 Å². The lowest BCUT2D eigenvalue weighted by atomic mass is 9.84. The van der Waals surface area contributed by atoms with Gasteiger partial charge in [-0.1, -0.05) is 51.1 Å². The van der Waals surface area contributed by atoms with E-state index in [1.165, 1.54) is 16.7 Å². The number of benzene rings is 1. The Kier molecular flexibility index (Phi) is 4.56. The summed E-state index contributed by atoms with van der Waals surface area (Å²) in [6, 6.07) is 13.1. The molecule has 0 bridgehead atoms. The first-order chi connectivity index (χ1) is 9.52. The van der Waals surface area contributed by atoms with Crippen LogP contribution in [0, 0.1) is 0 Å². The fourth-order valence-corrected chi connectivity index (χ4v) is 2.43. The van der Waals surface area contributed by atoms with E-state index >= 15 is 0 Å². The van der Waals surface area contributed by atoms with Crippen LogP contribution in [-0.2, 0) is 5.41 Å². The zero-order chi connectivity index (χ0) is 14.6. The average Bonchev–Trinajstić information content (AvgIpc) is 2.45. The van der Waals surface area contributed by atoms with Crippen LogP contribution in [-0.4, -0.2) is 18.6 Å². The number of pyridine rings is 1. The van der Waals surface area contributed by atoms with Crippen molar-refractivity contribution in [2.75, 3.05) is 13.6 Å². The molecule has 1 N–H and O–H groups in total. The Balaban J connectivity index is 2.31. The number of likely N-dealkylation sites (N-methyl/N-ethyl adjacent to an activating group) is 1. The Morgan fingerprint density at radius 3 is 2.25 bits per heavy atom. The van der Waals surface area contributed by atoms with Crippen LogP contribution >= 0.6 is 0 Å². The molecule has 0 radical (unpaired) electrons. The molecule has 1 heterocycles. The molecule has 20 heavy (non-hydrogen) atoms. The van der Waals surface area contributed by atoms with Crippen LogP contribution in [0.15, 0.2) is 48.8 Å². The van der Waals surface area contributed by atoms with E-state index in [0.717, 1.165) is 6.54 Å². The monoisotopic (exact) mass is 268 g/mol. The third-order valence-corrected chi connectivity index (χ3v) is 3.67. The minimum atomic E-state index is 0.200. The van der Waals surface area contributed by atoms with Gasteiger partial charge in [-0.2, -0.15) is 0 Å². The molecule has 0 amide bonds. The summed E-state index contributed by atoms with van der Waals surface area (Å²) in [5, 5.41) is 3.28. The molecule has 0 aliphatic rings. The number of hydrogen-bond acceptors (Lipinski definition) is 2. The molecule has 0 saturated carbocycles. The van der Waals surface area contributed by atoms with Crippen LogP contribution < -0.4 is 5.32 Å². The highest BCUT2D eigenvalue weighted by Gasteiger charge is 2.16. The first-order valence-corrected chi connectivity index (χ1v) is 7.17. The molecular formula is C18H24N2. The van der Waals surface area contributed by atoms with E-state index in [9.17, 15) is 0 Å². The highest BCUT2D eigenvalue weighted by Crippen LogP contribution is 2.27. The SMILES string of the molecule is CNCC(c1ccc(C(C)(C)C)cc1)c1cccnc1. The number of hydrogen-bond donors (Lipinski definition) is 1. The van der Waals surface area contributed by atoms with Gasteiger partial charge >= 0.3 is 0 Å². The van der Waals surface area contributed by atoms with Gasteiger partial charge in [-0.25, -0.2) is 0 Å². The van der Waals surface area contributed by atoms with Crippen molar-refractivity contribution in [2.24, 2.45) is 0 Å². The second-order valence-electron chi connectivity index (χ2n) is 6.27. The van der Waals surface area contributed by atoms with Gasteiger partial charge in [-0.05, 0) is 35.2 Å².